The van der Waals surface area contributed by atoms with E-state index in [9.17, 15) is 9.59 Å². The zero-order valence-electron chi connectivity index (χ0n) is 17.9. The van der Waals surface area contributed by atoms with Gasteiger partial charge in [-0.15, -0.1) is 0 Å². The molecule has 162 valence electrons. The zero-order valence-corrected chi connectivity index (χ0v) is 18.7. The summed E-state index contributed by atoms with van der Waals surface area (Å²) in [5.74, 6) is 0.775. The number of rotatable bonds is 7. The predicted octanol–water partition coefficient (Wildman–Crippen LogP) is 3.51. The molecule has 0 saturated heterocycles. The maximum atomic E-state index is 12.6. The molecule has 3 rings (SSSR count). The fourth-order valence-electron chi connectivity index (χ4n) is 3.92. The molecule has 0 bridgehead atoms. The summed E-state index contributed by atoms with van der Waals surface area (Å²) in [6.45, 7) is 6.42. The van der Waals surface area contributed by atoms with Crippen LogP contribution in [-0.4, -0.2) is 38.7 Å². The van der Waals surface area contributed by atoms with E-state index in [1.54, 1.807) is 0 Å². The molecule has 1 aliphatic carbocycles. The summed E-state index contributed by atoms with van der Waals surface area (Å²) in [5, 5.41) is 13.3. The van der Waals surface area contributed by atoms with Crippen molar-refractivity contribution in [3.8, 4) is 11.4 Å². The van der Waals surface area contributed by atoms with Gasteiger partial charge < -0.3 is 10.6 Å². The van der Waals surface area contributed by atoms with Gasteiger partial charge in [0.1, 0.15) is 0 Å². The van der Waals surface area contributed by atoms with Crippen molar-refractivity contribution in [2.45, 2.75) is 71.5 Å². The van der Waals surface area contributed by atoms with Gasteiger partial charge in [-0.05, 0) is 52.3 Å². The molecule has 0 aliphatic heterocycles. The molecule has 2 unspecified atom stereocenters. The average Bonchev–Trinajstić information content (AvgIpc) is 3.07. The molecule has 1 aromatic heterocycles. The van der Waals surface area contributed by atoms with Crippen LogP contribution in [-0.2, 0) is 16.1 Å². The molecule has 0 spiro atoms. The van der Waals surface area contributed by atoms with Gasteiger partial charge in [0.15, 0.2) is 10.6 Å². The molecule has 2 aromatic rings. The molecular formula is C22H31N5O2S. The molecule has 0 radical (unpaired) electrons. The average molecular weight is 430 g/mol. The molecular weight excluding hydrogens is 398 g/mol. The molecule has 1 aromatic carbocycles. The van der Waals surface area contributed by atoms with Crippen molar-refractivity contribution in [1.82, 2.24) is 25.4 Å². The minimum Gasteiger partial charge on any atom is -0.354 e. The standard InChI is InChI=1S/C22H31N5O2S/c1-14(2)23-21(29)17-5-4-6-18(13-17)24-19(28)11-12-27-20(25-26-22(27)30)16-9-7-15(3)8-10-16/h7-10,14,17-18H,4-6,11-13H2,1-3H3,(H,23,29)(H,24,28)(H,26,30). The van der Waals surface area contributed by atoms with Crippen molar-refractivity contribution < 1.29 is 9.59 Å². The van der Waals surface area contributed by atoms with Gasteiger partial charge in [0, 0.05) is 36.5 Å². The highest BCUT2D eigenvalue weighted by molar-refractivity contribution is 7.71. The first-order valence-corrected chi connectivity index (χ1v) is 11.1. The number of hydrogen-bond acceptors (Lipinski definition) is 4. The lowest BCUT2D eigenvalue weighted by atomic mass is 9.85. The van der Waals surface area contributed by atoms with E-state index in [-0.39, 0.29) is 29.8 Å². The quantitative estimate of drug-likeness (QED) is 0.588. The number of benzene rings is 1. The van der Waals surface area contributed by atoms with E-state index in [2.05, 4.69) is 20.8 Å². The Hall–Kier alpha value is -2.48. The number of amides is 2. The Bertz CT molecular complexity index is 932. The van der Waals surface area contributed by atoms with Crippen LogP contribution < -0.4 is 10.6 Å². The van der Waals surface area contributed by atoms with E-state index in [1.807, 2.05) is 49.6 Å². The van der Waals surface area contributed by atoms with Gasteiger partial charge in [-0.1, -0.05) is 36.2 Å². The summed E-state index contributed by atoms with van der Waals surface area (Å²) in [5.41, 5.74) is 2.13. The molecule has 8 heteroatoms. The van der Waals surface area contributed by atoms with Crippen molar-refractivity contribution in [3.05, 3.63) is 34.6 Å². The summed E-state index contributed by atoms with van der Waals surface area (Å²) >= 11 is 5.36. The van der Waals surface area contributed by atoms with E-state index < -0.39 is 0 Å². The number of carbonyl (C=O) groups is 2. The number of carbonyl (C=O) groups excluding carboxylic acids is 2. The van der Waals surface area contributed by atoms with Gasteiger partial charge in [0.25, 0.3) is 0 Å². The van der Waals surface area contributed by atoms with Crippen molar-refractivity contribution in [2.75, 3.05) is 0 Å². The van der Waals surface area contributed by atoms with E-state index in [0.29, 0.717) is 24.2 Å². The molecule has 1 aliphatic rings. The minimum atomic E-state index is -0.0258. The highest BCUT2D eigenvalue weighted by Gasteiger charge is 2.28. The number of aryl methyl sites for hydroxylation is 1. The van der Waals surface area contributed by atoms with Gasteiger partial charge in [-0.25, -0.2) is 0 Å². The second kappa shape index (κ2) is 10.0. The van der Waals surface area contributed by atoms with E-state index in [4.69, 9.17) is 12.2 Å². The topological polar surface area (TPSA) is 91.8 Å². The molecule has 1 heterocycles. The molecule has 7 nitrogen and oxygen atoms in total. The first-order chi connectivity index (χ1) is 14.3. The molecule has 1 saturated carbocycles. The summed E-state index contributed by atoms with van der Waals surface area (Å²) in [7, 11) is 0. The summed E-state index contributed by atoms with van der Waals surface area (Å²) in [6.07, 6.45) is 3.76. The van der Waals surface area contributed by atoms with E-state index in [0.717, 1.165) is 30.7 Å². The third kappa shape index (κ3) is 5.78. The number of nitrogens with one attached hydrogen (secondary N) is 3. The largest absolute Gasteiger partial charge is 0.354 e. The lowest BCUT2D eigenvalue weighted by molar-refractivity contribution is -0.128. The highest BCUT2D eigenvalue weighted by Crippen LogP contribution is 2.25. The van der Waals surface area contributed by atoms with Crippen LogP contribution in [0.25, 0.3) is 11.4 Å². The van der Waals surface area contributed by atoms with Crippen molar-refractivity contribution >= 4 is 24.0 Å². The Labute approximate surface area is 182 Å². The van der Waals surface area contributed by atoms with Crippen LogP contribution in [0.15, 0.2) is 24.3 Å². The van der Waals surface area contributed by atoms with Crippen molar-refractivity contribution in [2.24, 2.45) is 5.92 Å². The number of hydrogen-bond donors (Lipinski definition) is 3. The Morgan fingerprint density at radius 3 is 2.70 bits per heavy atom. The number of H-pyrrole nitrogens is 1. The Morgan fingerprint density at radius 2 is 2.00 bits per heavy atom. The Balaban J connectivity index is 1.56. The fraction of sp³-hybridized carbons (Fsp3) is 0.545. The number of nitrogens with zero attached hydrogens (tertiary/aromatic N) is 2. The van der Waals surface area contributed by atoms with Gasteiger partial charge in [0.2, 0.25) is 11.8 Å². The first-order valence-electron chi connectivity index (χ1n) is 10.7. The maximum absolute atomic E-state index is 12.6. The van der Waals surface area contributed by atoms with E-state index >= 15 is 0 Å². The van der Waals surface area contributed by atoms with Crippen LogP contribution in [0.4, 0.5) is 0 Å². The smallest absolute Gasteiger partial charge is 0.223 e. The van der Waals surface area contributed by atoms with Gasteiger partial charge in [0.05, 0.1) is 0 Å². The molecule has 2 amide bonds. The second-order valence-corrected chi connectivity index (χ2v) is 8.80. The monoisotopic (exact) mass is 429 g/mol. The Kier molecular flexibility index (Phi) is 7.42. The van der Waals surface area contributed by atoms with E-state index in [1.165, 1.54) is 5.56 Å². The molecule has 3 N–H and O–H groups in total. The summed E-state index contributed by atoms with van der Waals surface area (Å²) < 4.78 is 2.36. The van der Waals surface area contributed by atoms with Crippen molar-refractivity contribution in [1.29, 1.82) is 0 Å². The van der Waals surface area contributed by atoms with Crippen LogP contribution in [0.2, 0.25) is 0 Å². The lowest BCUT2D eigenvalue weighted by Crippen LogP contribution is -2.43. The van der Waals surface area contributed by atoms with Crippen LogP contribution in [0.5, 0.6) is 0 Å². The normalized spacial score (nSPS) is 18.9. The summed E-state index contributed by atoms with van der Waals surface area (Å²) in [6, 6.07) is 8.23. The van der Waals surface area contributed by atoms with Crippen LogP contribution in [0.1, 0.15) is 51.5 Å². The second-order valence-electron chi connectivity index (χ2n) is 8.41. The zero-order chi connectivity index (χ0) is 21.7. The van der Waals surface area contributed by atoms with Gasteiger partial charge >= 0.3 is 0 Å². The van der Waals surface area contributed by atoms with Crippen LogP contribution >= 0.6 is 12.2 Å². The SMILES string of the molecule is Cc1ccc(-c2n[nH]c(=S)n2CCC(=O)NC2CCCC(C(=O)NC(C)C)C2)cc1. The first kappa shape index (κ1) is 22.2. The number of aromatic nitrogens is 3. The Morgan fingerprint density at radius 1 is 1.27 bits per heavy atom. The molecule has 30 heavy (non-hydrogen) atoms. The van der Waals surface area contributed by atoms with Crippen LogP contribution in [0, 0.1) is 17.6 Å². The van der Waals surface area contributed by atoms with Gasteiger partial charge in [-0.2, -0.15) is 5.10 Å². The van der Waals surface area contributed by atoms with Crippen LogP contribution in [0.3, 0.4) is 0 Å². The van der Waals surface area contributed by atoms with Crippen molar-refractivity contribution in [3.63, 3.8) is 0 Å². The molecule has 1 fully saturated rings. The minimum absolute atomic E-state index is 0.0251. The predicted molar refractivity (Wildman–Crippen MR) is 119 cm³/mol. The highest BCUT2D eigenvalue weighted by atomic mass is 32.1. The number of aromatic amines is 1. The third-order valence-corrected chi connectivity index (χ3v) is 5.78. The summed E-state index contributed by atoms with van der Waals surface area (Å²) in [4.78, 5) is 24.9. The maximum Gasteiger partial charge on any atom is 0.223 e. The fourth-order valence-corrected chi connectivity index (χ4v) is 4.15. The molecule has 2 atom stereocenters. The lowest BCUT2D eigenvalue weighted by Gasteiger charge is -2.29. The third-order valence-electron chi connectivity index (χ3n) is 5.47. The van der Waals surface area contributed by atoms with Gasteiger partial charge in [-0.3, -0.25) is 19.3 Å².